The Labute approximate surface area is 150 Å². The third-order valence-corrected chi connectivity index (χ3v) is 4.11. The molecule has 0 unspecified atom stereocenters. The average Bonchev–Trinajstić information content (AvgIpc) is 2.49. The summed E-state index contributed by atoms with van der Waals surface area (Å²) in [6.45, 7) is 5.43. The summed E-state index contributed by atoms with van der Waals surface area (Å²) < 4.78 is 5.21. The van der Waals surface area contributed by atoms with Crippen LogP contribution >= 0.6 is 23.4 Å². The van der Waals surface area contributed by atoms with Crippen LogP contribution in [0.5, 0.6) is 0 Å². The molecule has 0 spiro atoms. The molecule has 1 N–H and O–H groups in total. The van der Waals surface area contributed by atoms with Gasteiger partial charge in [-0.3, -0.25) is 5.32 Å². The Bertz CT molecular complexity index is 777. The van der Waals surface area contributed by atoms with Crippen molar-refractivity contribution in [3.63, 3.8) is 0 Å². The predicted molar refractivity (Wildman–Crippen MR) is 96.6 cm³/mol. The number of hydrogen-bond acceptors (Lipinski definition) is 4. The molecule has 2 aromatic rings. The molecule has 4 nitrogen and oxygen atoms in total. The highest BCUT2D eigenvalue weighted by Crippen LogP contribution is 2.32. The Balaban J connectivity index is 2.05. The highest BCUT2D eigenvalue weighted by molar-refractivity contribution is 7.99. The fourth-order valence-corrected chi connectivity index (χ4v) is 2.88. The van der Waals surface area contributed by atoms with Crippen LogP contribution in [0.3, 0.4) is 0 Å². The lowest BCUT2D eigenvalue weighted by molar-refractivity contribution is 0.0636. The smallest absolute Gasteiger partial charge is 0.412 e. The van der Waals surface area contributed by atoms with E-state index >= 15 is 0 Å². The molecule has 0 fully saturated rings. The molecule has 0 saturated heterocycles. The number of anilines is 1. The molecule has 0 heterocycles. The molecule has 24 heavy (non-hydrogen) atoms. The topological polar surface area (TPSA) is 62.1 Å². The zero-order valence-electron chi connectivity index (χ0n) is 13.6. The number of hydrogen-bond donors (Lipinski definition) is 1. The molecule has 2 aromatic carbocycles. The molecule has 0 aliphatic rings. The third kappa shape index (κ3) is 5.48. The summed E-state index contributed by atoms with van der Waals surface area (Å²) in [7, 11) is 0. The number of nitriles is 1. The van der Waals surface area contributed by atoms with E-state index in [1.54, 1.807) is 24.3 Å². The lowest BCUT2D eigenvalue weighted by Gasteiger charge is -2.19. The second-order valence-electron chi connectivity index (χ2n) is 6.01. The minimum absolute atomic E-state index is 0.493. The fourth-order valence-electron chi connectivity index (χ4n) is 1.83. The molecule has 0 atom stereocenters. The summed E-state index contributed by atoms with van der Waals surface area (Å²) >= 11 is 7.36. The van der Waals surface area contributed by atoms with Gasteiger partial charge in [0.05, 0.1) is 5.56 Å². The molecule has 0 aliphatic heterocycles. The molecule has 6 heteroatoms. The number of nitrogens with one attached hydrogen (secondary N) is 1. The van der Waals surface area contributed by atoms with Gasteiger partial charge in [0.15, 0.2) is 0 Å². The quantitative estimate of drug-likeness (QED) is 0.761. The first kappa shape index (κ1) is 18.2. The molecule has 1 amide bonds. The van der Waals surface area contributed by atoms with Crippen LogP contribution in [0.1, 0.15) is 26.3 Å². The molecule has 0 radical (unpaired) electrons. The Morgan fingerprint density at radius 2 is 1.88 bits per heavy atom. The van der Waals surface area contributed by atoms with Gasteiger partial charge < -0.3 is 4.74 Å². The van der Waals surface area contributed by atoms with Crippen LogP contribution in [-0.4, -0.2) is 11.7 Å². The van der Waals surface area contributed by atoms with Gasteiger partial charge >= 0.3 is 6.09 Å². The first-order valence-corrected chi connectivity index (χ1v) is 8.44. The van der Waals surface area contributed by atoms with Gasteiger partial charge in [0.1, 0.15) is 11.7 Å². The van der Waals surface area contributed by atoms with Crippen molar-refractivity contribution in [2.45, 2.75) is 36.2 Å². The minimum atomic E-state index is -0.540. The SMILES string of the molecule is CC(C)(C)OC(=O)Nc1ccc(Sc2ccc(Cl)cc2C#N)cc1. The molecule has 0 bridgehead atoms. The number of benzene rings is 2. The standard InChI is InChI=1S/C18H17ClN2O2S/c1-18(2,3)23-17(22)21-14-5-7-15(8-6-14)24-16-9-4-13(19)10-12(16)11-20/h4-10H,1-3H3,(H,21,22). The van der Waals surface area contributed by atoms with Crippen LogP contribution in [-0.2, 0) is 4.74 Å². The Hall–Kier alpha value is -2.16. The van der Waals surface area contributed by atoms with Gasteiger partial charge in [-0.25, -0.2) is 4.79 Å². The second kappa shape index (κ2) is 7.61. The first-order valence-electron chi connectivity index (χ1n) is 7.24. The summed E-state index contributed by atoms with van der Waals surface area (Å²) in [5.74, 6) is 0. The number of nitrogens with zero attached hydrogens (tertiary/aromatic N) is 1. The van der Waals surface area contributed by atoms with E-state index in [0.29, 0.717) is 16.3 Å². The van der Waals surface area contributed by atoms with Crippen molar-refractivity contribution in [1.82, 2.24) is 0 Å². The van der Waals surface area contributed by atoms with Crippen LogP contribution < -0.4 is 5.32 Å². The van der Waals surface area contributed by atoms with Crippen molar-refractivity contribution in [3.05, 3.63) is 53.1 Å². The van der Waals surface area contributed by atoms with E-state index in [1.807, 2.05) is 39.0 Å². The van der Waals surface area contributed by atoms with Gasteiger partial charge in [-0.2, -0.15) is 5.26 Å². The van der Waals surface area contributed by atoms with Crippen molar-refractivity contribution >= 4 is 35.1 Å². The van der Waals surface area contributed by atoms with Crippen molar-refractivity contribution in [2.75, 3.05) is 5.32 Å². The zero-order chi connectivity index (χ0) is 17.7. The Morgan fingerprint density at radius 1 is 1.21 bits per heavy atom. The predicted octanol–water partition coefficient (Wildman–Crippen LogP) is 5.71. The minimum Gasteiger partial charge on any atom is -0.444 e. The summed E-state index contributed by atoms with van der Waals surface area (Å²) in [5, 5.41) is 12.4. The highest BCUT2D eigenvalue weighted by atomic mass is 35.5. The Morgan fingerprint density at radius 3 is 2.46 bits per heavy atom. The molecule has 124 valence electrons. The first-order chi connectivity index (χ1) is 11.3. The van der Waals surface area contributed by atoms with Gasteiger partial charge in [-0.15, -0.1) is 0 Å². The number of carbonyl (C=O) groups is 1. The van der Waals surface area contributed by atoms with Gasteiger partial charge in [-0.05, 0) is 63.2 Å². The van der Waals surface area contributed by atoms with E-state index in [1.165, 1.54) is 11.8 Å². The molecule has 2 rings (SSSR count). The van der Waals surface area contributed by atoms with Gasteiger partial charge in [0.25, 0.3) is 0 Å². The summed E-state index contributed by atoms with van der Waals surface area (Å²) in [6.07, 6.45) is -0.493. The molecule has 0 aliphatic carbocycles. The normalized spacial score (nSPS) is 10.8. The third-order valence-electron chi connectivity index (χ3n) is 2.79. The van der Waals surface area contributed by atoms with Crippen molar-refractivity contribution < 1.29 is 9.53 Å². The van der Waals surface area contributed by atoms with Gasteiger partial charge in [-0.1, -0.05) is 23.4 Å². The largest absolute Gasteiger partial charge is 0.444 e. The van der Waals surface area contributed by atoms with E-state index in [-0.39, 0.29) is 0 Å². The van der Waals surface area contributed by atoms with Crippen molar-refractivity contribution in [1.29, 1.82) is 5.26 Å². The van der Waals surface area contributed by atoms with E-state index in [2.05, 4.69) is 11.4 Å². The molecule has 0 saturated carbocycles. The summed E-state index contributed by atoms with van der Waals surface area (Å²) in [5.41, 5.74) is 0.635. The van der Waals surface area contributed by atoms with Gasteiger partial charge in [0, 0.05) is 20.5 Å². The number of rotatable bonds is 3. The van der Waals surface area contributed by atoms with Crippen LogP contribution in [0.25, 0.3) is 0 Å². The molecule has 0 aromatic heterocycles. The summed E-state index contributed by atoms with van der Waals surface area (Å²) in [4.78, 5) is 13.5. The number of ether oxygens (including phenoxy) is 1. The lowest BCUT2D eigenvalue weighted by atomic mass is 10.2. The van der Waals surface area contributed by atoms with Crippen molar-refractivity contribution in [2.24, 2.45) is 0 Å². The van der Waals surface area contributed by atoms with E-state index < -0.39 is 11.7 Å². The zero-order valence-corrected chi connectivity index (χ0v) is 15.2. The fraction of sp³-hybridized carbons (Fsp3) is 0.222. The monoisotopic (exact) mass is 360 g/mol. The second-order valence-corrected chi connectivity index (χ2v) is 7.56. The highest BCUT2D eigenvalue weighted by Gasteiger charge is 2.16. The average molecular weight is 361 g/mol. The number of carbonyl (C=O) groups excluding carboxylic acids is 1. The maximum atomic E-state index is 11.7. The molecular formula is C18H17ClN2O2S. The lowest BCUT2D eigenvalue weighted by Crippen LogP contribution is -2.27. The van der Waals surface area contributed by atoms with Gasteiger partial charge in [0.2, 0.25) is 0 Å². The van der Waals surface area contributed by atoms with E-state index in [4.69, 9.17) is 16.3 Å². The van der Waals surface area contributed by atoms with Crippen LogP contribution in [0.4, 0.5) is 10.5 Å². The number of halogens is 1. The van der Waals surface area contributed by atoms with Crippen LogP contribution in [0.15, 0.2) is 52.3 Å². The maximum Gasteiger partial charge on any atom is 0.412 e. The molecular weight excluding hydrogens is 344 g/mol. The van der Waals surface area contributed by atoms with Crippen molar-refractivity contribution in [3.8, 4) is 6.07 Å². The van der Waals surface area contributed by atoms with E-state index in [9.17, 15) is 10.1 Å². The maximum absolute atomic E-state index is 11.7. The van der Waals surface area contributed by atoms with Crippen LogP contribution in [0.2, 0.25) is 5.02 Å². The summed E-state index contributed by atoms with van der Waals surface area (Å²) in [6, 6.07) is 14.7. The number of amides is 1. The van der Waals surface area contributed by atoms with E-state index in [0.717, 1.165) is 9.79 Å². The Kier molecular flexibility index (Phi) is 5.76. The van der Waals surface area contributed by atoms with Crippen LogP contribution in [0, 0.1) is 11.3 Å².